The molecule has 0 N–H and O–H groups in total. The van der Waals surface area contributed by atoms with E-state index in [0.29, 0.717) is 12.5 Å². The molecule has 70 valence electrons. The first kappa shape index (κ1) is 10.1. The van der Waals surface area contributed by atoms with Crippen LogP contribution in [0.15, 0.2) is 6.20 Å². The molecule has 3 heteroatoms. The van der Waals surface area contributed by atoms with Crippen LogP contribution in [0.2, 0.25) is 5.02 Å². The van der Waals surface area contributed by atoms with Crippen molar-refractivity contribution >= 4 is 11.6 Å². The Morgan fingerprint density at radius 2 is 2.31 bits per heavy atom. The molecular weight excluding hydrogens is 184 g/mol. The summed E-state index contributed by atoms with van der Waals surface area (Å²) >= 11 is 5.99. The Morgan fingerprint density at radius 3 is 2.85 bits per heavy atom. The number of hydrogen-bond acceptors (Lipinski definition) is 1. The summed E-state index contributed by atoms with van der Waals surface area (Å²) in [5.41, 5.74) is 1.06. The molecule has 0 aromatic carbocycles. The van der Waals surface area contributed by atoms with E-state index in [1.165, 1.54) is 0 Å². The fourth-order valence-electron chi connectivity index (χ4n) is 1.23. The molecule has 0 bridgehead atoms. The van der Waals surface area contributed by atoms with E-state index in [1.54, 1.807) is 6.20 Å². The maximum absolute atomic E-state index is 5.99. The van der Waals surface area contributed by atoms with Gasteiger partial charge < -0.3 is 0 Å². The minimum atomic E-state index is 0.383. The van der Waals surface area contributed by atoms with Gasteiger partial charge in [-0.25, -0.2) is 0 Å². The molecule has 0 atom stereocenters. The van der Waals surface area contributed by atoms with E-state index < -0.39 is 0 Å². The van der Waals surface area contributed by atoms with Gasteiger partial charge in [0.15, 0.2) is 0 Å². The van der Waals surface area contributed by atoms with Crippen LogP contribution >= 0.6 is 11.6 Å². The van der Waals surface area contributed by atoms with Crippen molar-refractivity contribution < 1.29 is 0 Å². The lowest BCUT2D eigenvalue weighted by molar-refractivity contribution is 0.636. The van der Waals surface area contributed by atoms with Gasteiger partial charge >= 0.3 is 0 Å². The molecule has 1 rings (SSSR count). The second-order valence-corrected chi connectivity index (χ2v) is 3.52. The fraction of sp³-hybridized carbons (Fsp3) is 0.500. The Hall–Kier alpha value is -0.940. The Kier molecular flexibility index (Phi) is 3.39. The molecule has 0 fully saturated rings. The zero-order valence-electron chi connectivity index (χ0n) is 8.13. The summed E-state index contributed by atoms with van der Waals surface area (Å²) in [4.78, 5) is 0. The molecule has 1 aromatic heterocycles. The number of rotatable bonds is 2. The van der Waals surface area contributed by atoms with Crippen molar-refractivity contribution in [2.45, 2.75) is 33.2 Å². The SMILES string of the molecule is CC#CCn1ncc(Cl)c1C(C)C. The van der Waals surface area contributed by atoms with Crippen LogP contribution in [0.4, 0.5) is 0 Å². The molecule has 1 heterocycles. The third kappa shape index (κ3) is 2.26. The predicted molar refractivity (Wildman–Crippen MR) is 54.8 cm³/mol. The van der Waals surface area contributed by atoms with Crippen LogP contribution in [0.1, 0.15) is 32.4 Å². The van der Waals surface area contributed by atoms with E-state index in [9.17, 15) is 0 Å². The third-order valence-corrected chi connectivity index (χ3v) is 2.08. The summed E-state index contributed by atoms with van der Waals surface area (Å²) in [5.74, 6) is 6.19. The zero-order valence-corrected chi connectivity index (χ0v) is 8.89. The molecule has 0 saturated heterocycles. The largest absolute Gasteiger partial charge is 0.256 e. The topological polar surface area (TPSA) is 17.8 Å². The van der Waals surface area contributed by atoms with E-state index in [4.69, 9.17) is 11.6 Å². The normalized spacial score (nSPS) is 9.92. The summed E-state index contributed by atoms with van der Waals surface area (Å²) < 4.78 is 1.85. The van der Waals surface area contributed by atoms with Crippen molar-refractivity contribution in [3.05, 3.63) is 16.9 Å². The van der Waals surface area contributed by atoms with Crippen LogP contribution < -0.4 is 0 Å². The monoisotopic (exact) mass is 196 g/mol. The van der Waals surface area contributed by atoms with Crippen molar-refractivity contribution in [2.24, 2.45) is 0 Å². The molecule has 0 aliphatic rings. The van der Waals surface area contributed by atoms with Gasteiger partial charge in [0, 0.05) is 0 Å². The molecular formula is C10H13ClN2. The molecule has 0 unspecified atom stereocenters. The fourth-order valence-corrected chi connectivity index (χ4v) is 1.59. The molecule has 0 saturated carbocycles. The van der Waals surface area contributed by atoms with E-state index in [0.717, 1.165) is 10.7 Å². The van der Waals surface area contributed by atoms with Crippen LogP contribution in [-0.2, 0) is 6.54 Å². The van der Waals surface area contributed by atoms with Crippen molar-refractivity contribution in [1.82, 2.24) is 9.78 Å². The van der Waals surface area contributed by atoms with Gasteiger partial charge in [0.25, 0.3) is 0 Å². The second-order valence-electron chi connectivity index (χ2n) is 3.12. The van der Waals surface area contributed by atoms with Gasteiger partial charge in [-0.3, -0.25) is 4.68 Å². The van der Waals surface area contributed by atoms with Gasteiger partial charge in [0.05, 0.1) is 16.9 Å². The highest BCUT2D eigenvalue weighted by atomic mass is 35.5. The molecule has 0 amide bonds. The average Bonchev–Trinajstić information content (AvgIpc) is 2.43. The van der Waals surface area contributed by atoms with Gasteiger partial charge in [0.2, 0.25) is 0 Å². The van der Waals surface area contributed by atoms with Gasteiger partial charge in [-0.1, -0.05) is 31.4 Å². The maximum Gasteiger partial charge on any atom is 0.102 e. The summed E-state index contributed by atoms with van der Waals surface area (Å²) in [5, 5.41) is 4.89. The van der Waals surface area contributed by atoms with Crippen LogP contribution in [0.5, 0.6) is 0 Å². The molecule has 0 radical (unpaired) electrons. The molecule has 0 aliphatic carbocycles. The Morgan fingerprint density at radius 1 is 1.62 bits per heavy atom. The van der Waals surface area contributed by atoms with Crippen LogP contribution in [0, 0.1) is 11.8 Å². The second kappa shape index (κ2) is 4.34. The molecule has 1 aromatic rings. The Balaban J connectivity index is 2.98. The highest BCUT2D eigenvalue weighted by Crippen LogP contribution is 2.23. The standard InChI is InChI=1S/C10H13ClN2/c1-4-5-6-13-10(8(2)3)9(11)7-12-13/h7-8H,6H2,1-3H3. The van der Waals surface area contributed by atoms with Crippen LogP contribution in [-0.4, -0.2) is 9.78 Å². The first-order valence-corrected chi connectivity index (χ1v) is 4.65. The molecule has 13 heavy (non-hydrogen) atoms. The third-order valence-electron chi connectivity index (χ3n) is 1.79. The van der Waals surface area contributed by atoms with Crippen molar-refractivity contribution in [1.29, 1.82) is 0 Å². The zero-order chi connectivity index (χ0) is 9.84. The predicted octanol–water partition coefficient (Wildman–Crippen LogP) is 2.68. The van der Waals surface area contributed by atoms with E-state index in [2.05, 4.69) is 30.8 Å². The van der Waals surface area contributed by atoms with Crippen molar-refractivity contribution in [2.75, 3.05) is 0 Å². The summed E-state index contributed by atoms with van der Waals surface area (Å²) in [6.07, 6.45) is 1.67. The highest BCUT2D eigenvalue weighted by Gasteiger charge is 2.11. The first-order chi connectivity index (χ1) is 6.16. The number of aromatic nitrogens is 2. The average molecular weight is 197 g/mol. The molecule has 0 aliphatic heterocycles. The van der Waals surface area contributed by atoms with Crippen LogP contribution in [0.3, 0.4) is 0 Å². The maximum atomic E-state index is 5.99. The minimum absolute atomic E-state index is 0.383. The van der Waals surface area contributed by atoms with Crippen molar-refractivity contribution in [3.8, 4) is 11.8 Å². The number of halogens is 1. The van der Waals surface area contributed by atoms with Gasteiger partial charge in [-0.15, -0.1) is 5.92 Å². The quantitative estimate of drug-likeness (QED) is 0.666. The number of hydrogen-bond donors (Lipinski definition) is 0. The van der Waals surface area contributed by atoms with E-state index >= 15 is 0 Å². The van der Waals surface area contributed by atoms with Gasteiger partial charge in [0.1, 0.15) is 6.54 Å². The summed E-state index contributed by atoms with van der Waals surface area (Å²) in [6, 6.07) is 0. The van der Waals surface area contributed by atoms with Crippen LogP contribution in [0.25, 0.3) is 0 Å². The van der Waals surface area contributed by atoms with Gasteiger partial charge in [-0.05, 0) is 12.8 Å². The highest BCUT2D eigenvalue weighted by molar-refractivity contribution is 6.31. The molecule has 2 nitrogen and oxygen atoms in total. The van der Waals surface area contributed by atoms with Gasteiger partial charge in [-0.2, -0.15) is 5.10 Å². The lowest BCUT2D eigenvalue weighted by atomic mass is 10.1. The Bertz CT molecular complexity index is 342. The van der Waals surface area contributed by atoms with Crippen molar-refractivity contribution in [3.63, 3.8) is 0 Å². The van der Waals surface area contributed by atoms with E-state index in [1.807, 2.05) is 11.6 Å². The lowest BCUT2D eigenvalue weighted by Crippen LogP contribution is -2.05. The smallest absolute Gasteiger partial charge is 0.102 e. The lowest BCUT2D eigenvalue weighted by Gasteiger charge is -2.07. The number of nitrogens with zero attached hydrogens (tertiary/aromatic N) is 2. The first-order valence-electron chi connectivity index (χ1n) is 4.27. The van der Waals surface area contributed by atoms with E-state index in [-0.39, 0.29) is 0 Å². The summed E-state index contributed by atoms with van der Waals surface area (Å²) in [6.45, 7) is 6.63. The molecule has 0 spiro atoms. The Labute approximate surface area is 83.9 Å². The summed E-state index contributed by atoms with van der Waals surface area (Å²) in [7, 11) is 0. The minimum Gasteiger partial charge on any atom is -0.256 e.